The maximum atomic E-state index is 13.8. The highest BCUT2D eigenvalue weighted by Gasteiger charge is 2.34. The molecular weight excluding hydrogens is 554 g/mol. The quantitative estimate of drug-likeness (QED) is 0.301. The molecule has 3 aromatic carbocycles. The molecule has 2 N–H and O–H groups in total. The average Bonchev–Trinajstić information content (AvgIpc) is 3.64. The first-order chi connectivity index (χ1) is 21.4. The van der Waals surface area contributed by atoms with Crippen LogP contribution in [0.25, 0.3) is 0 Å². The van der Waals surface area contributed by atoms with Gasteiger partial charge in [-0.3, -0.25) is 9.69 Å². The number of morpholine rings is 1. The molecule has 1 amide bonds. The van der Waals surface area contributed by atoms with E-state index in [0.717, 1.165) is 61.7 Å². The minimum absolute atomic E-state index is 0.0553. The summed E-state index contributed by atoms with van der Waals surface area (Å²) in [6.45, 7) is 8.70. The van der Waals surface area contributed by atoms with Crippen molar-refractivity contribution in [2.75, 3.05) is 37.9 Å². The fourth-order valence-electron chi connectivity index (χ4n) is 5.84. The van der Waals surface area contributed by atoms with Gasteiger partial charge in [-0.25, -0.2) is 19.1 Å². The summed E-state index contributed by atoms with van der Waals surface area (Å²) >= 11 is 0. The van der Waals surface area contributed by atoms with Crippen LogP contribution in [0.1, 0.15) is 53.6 Å². The Hall–Kier alpha value is -4.54. The number of aryl methyl sites for hydroxylation is 1. The molecule has 0 bridgehead atoms. The van der Waals surface area contributed by atoms with E-state index in [2.05, 4.69) is 60.4 Å². The van der Waals surface area contributed by atoms with E-state index in [1.165, 1.54) is 20.4 Å². The van der Waals surface area contributed by atoms with E-state index < -0.39 is 17.6 Å². The molecule has 44 heavy (non-hydrogen) atoms. The highest BCUT2D eigenvalue weighted by molar-refractivity contribution is 6.07. The van der Waals surface area contributed by atoms with Crippen molar-refractivity contribution in [2.45, 2.75) is 45.3 Å². The van der Waals surface area contributed by atoms with Gasteiger partial charge in [-0.05, 0) is 41.2 Å². The number of nitrogens with two attached hydrogens (primary N) is 1. The second kappa shape index (κ2) is 13.0. The molecule has 2 aliphatic heterocycles. The largest absolute Gasteiger partial charge is 0.379 e. The lowest BCUT2D eigenvalue weighted by Crippen LogP contribution is -2.35. The van der Waals surface area contributed by atoms with Crippen molar-refractivity contribution >= 4 is 17.6 Å². The lowest BCUT2D eigenvalue weighted by molar-refractivity contribution is -0.120. The van der Waals surface area contributed by atoms with Crippen LogP contribution < -0.4 is 16.4 Å². The fourth-order valence-corrected chi connectivity index (χ4v) is 5.84. The molecule has 1 saturated heterocycles. The van der Waals surface area contributed by atoms with Crippen LogP contribution in [0.3, 0.4) is 0 Å². The number of ether oxygens (including phenoxy) is 1. The number of carbonyl (C=O) groups excluding carboxylic acids is 1. The standard InChI is InChI=1S/C34H39N7O3/c1-3-25-13-15-29(16-14-25)31-30(28-7-5-4-6-8-28)23-39(36-31)33-37-40(34(43)41(33)24(2)32(35)42)22-27-11-9-26(10-12-27)21-38-17-19-44-20-18-38/h4-16,24,30H,3,17-23H2,1-2H3,(H2,35,42)/t24-,30-/m0/s1. The molecule has 1 aromatic heterocycles. The summed E-state index contributed by atoms with van der Waals surface area (Å²) in [4.78, 5) is 28.5. The first-order valence-electron chi connectivity index (χ1n) is 15.3. The summed E-state index contributed by atoms with van der Waals surface area (Å²) in [6, 6.07) is 25.9. The van der Waals surface area contributed by atoms with Gasteiger partial charge in [-0.15, -0.1) is 5.10 Å². The van der Waals surface area contributed by atoms with Gasteiger partial charge in [0.15, 0.2) is 0 Å². The van der Waals surface area contributed by atoms with Crippen molar-refractivity contribution in [1.29, 1.82) is 0 Å². The number of carbonyl (C=O) groups is 1. The van der Waals surface area contributed by atoms with Crippen LogP contribution in [-0.2, 0) is 29.0 Å². The van der Waals surface area contributed by atoms with E-state index >= 15 is 0 Å². The van der Waals surface area contributed by atoms with E-state index in [-0.39, 0.29) is 12.5 Å². The Morgan fingerprint density at radius 3 is 2.20 bits per heavy atom. The Balaban J connectivity index is 1.32. The Morgan fingerprint density at radius 1 is 0.932 bits per heavy atom. The van der Waals surface area contributed by atoms with Crippen molar-refractivity contribution in [2.24, 2.45) is 10.8 Å². The van der Waals surface area contributed by atoms with E-state index in [1.807, 2.05) is 30.3 Å². The molecule has 10 heteroatoms. The van der Waals surface area contributed by atoms with Gasteiger partial charge in [0.05, 0.1) is 32.0 Å². The molecule has 1 fully saturated rings. The minimum Gasteiger partial charge on any atom is -0.379 e. The number of rotatable bonds is 10. The van der Waals surface area contributed by atoms with Gasteiger partial charge in [-0.2, -0.15) is 5.10 Å². The molecule has 0 radical (unpaired) electrons. The van der Waals surface area contributed by atoms with E-state index in [9.17, 15) is 9.59 Å². The molecule has 0 aliphatic carbocycles. The Morgan fingerprint density at radius 2 is 1.57 bits per heavy atom. The van der Waals surface area contributed by atoms with Crippen molar-refractivity contribution in [1.82, 2.24) is 19.2 Å². The molecule has 228 valence electrons. The smallest absolute Gasteiger partial charge is 0.348 e. The highest BCUT2D eigenvalue weighted by atomic mass is 16.5. The van der Waals surface area contributed by atoms with Crippen molar-refractivity contribution in [3.8, 4) is 0 Å². The molecule has 0 unspecified atom stereocenters. The average molecular weight is 594 g/mol. The van der Waals surface area contributed by atoms with Crippen molar-refractivity contribution < 1.29 is 9.53 Å². The topological polar surface area (TPSA) is 111 Å². The molecule has 4 aromatic rings. The van der Waals surface area contributed by atoms with E-state index in [4.69, 9.17) is 20.7 Å². The summed E-state index contributed by atoms with van der Waals surface area (Å²) in [5, 5.41) is 11.5. The molecule has 10 nitrogen and oxygen atoms in total. The van der Waals surface area contributed by atoms with Gasteiger partial charge >= 0.3 is 5.69 Å². The number of nitrogens with zero attached hydrogens (tertiary/aromatic N) is 6. The van der Waals surface area contributed by atoms with Crippen LogP contribution in [0.15, 0.2) is 88.8 Å². The van der Waals surface area contributed by atoms with Crippen LogP contribution in [0.2, 0.25) is 0 Å². The zero-order valence-corrected chi connectivity index (χ0v) is 25.3. The maximum Gasteiger partial charge on any atom is 0.348 e. The number of anilines is 1. The molecular formula is C34H39N7O3. The van der Waals surface area contributed by atoms with Gasteiger partial charge in [-0.1, -0.05) is 85.8 Å². The number of primary amides is 1. The first kappa shape index (κ1) is 29.5. The van der Waals surface area contributed by atoms with Crippen LogP contribution in [0, 0.1) is 0 Å². The van der Waals surface area contributed by atoms with Gasteiger partial charge < -0.3 is 10.5 Å². The lowest BCUT2D eigenvalue weighted by atomic mass is 9.90. The van der Waals surface area contributed by atoms with Gasteiger partial charge in [0.25, 0.3) is 0 Å². The van der Waals surface area contributed by atoms with Crippen LogP contribution in [0.5, 0.6) is 0 Å². The second-order valence-corrected chi connectivity index (χ2v) is 11.5. The zero-order valence-electron chi connectivity index (χ0n) is 25.3. The van der Waals surface area contributed by atoms with Gasteiger partial charge in [0.1, 0.15) is 6.04 Å². The Bertz CT molecular complexity index is 1670. The number of hydrogen-bond acceptors (Lipinski definition) is 7. The highest BCUT2D eigenvalue weighted by Crippen LogP contribution is 2.32. The van der Waals surface area contributed by atoms with E-state index in [0.29, 0.717) is 12.5 Å². The van der Waals surface area contributed by atoms with E-state index in [1.54, 1.807) is 11.9 Å². The monoisotopic (exact) mass is 593 g/mol. The second-order valence-electron chi connectivity index (χ2n) is 11.5. The fraction of sp³-hybridized carbons (Fsp3) is 0.353. The number of amides is 1. The molecule has 3 heterocycles. The summed E-state index contributed by atoms with van der Waals surface area (Å²) < 4.78 is 8.22. The lowest BCUT2D eigenvalue weighted by Gasteiger charge is -2.26. The third-order valence-electron chi connectivity index (χ3n) is 8.52. The molecule has 0 saturated carbocycles. The molecule has 6 rings (SSSR count). The third-order valence-corrected chi connectivity index (χ3v) is 8.52. The molecule has 0 spiro atoms. The van der Waals surface area contributed by atoms with Crippen molar-refractivity contribution in [3.63, 3.8) is 0 Å². The predicted octanol–water partition coefficient (Wildman–Crippen LogP) is 3.54. The van der Waals surface area contributed by atoms with Crippen molar-refractivity contribution in [3.05, 3.63) is 117 Å². The zero-order chi connectivity index (χ0) is 30.6. The summed E-state index contributed by atoms with van der Waals surface area (Å²) in [5.41, 5.74) is 11.7. The predicted molar refractivity (Wildman–Crippen MR) is 171 cm³/mol. The normalized spacial score (nSPS) is 17.9. The van der Waals surface area contributed by atoms with Crippen LogP contribution in [0.4, 0.5) is 5.95 Å². The SMILES string of the molecule is CCc1ccc(C2=NN(c3nn(Cc4ccc(CN5CCOCC5)cc4)c(=O)n3[C@@H](C)C(N)=O)C[C@H]2c2ccccc2)cc1. The number of hydrazone groups is 1. The number of hydrogen-bond donors (Lipinski definition) is 1. The number of benzene rings is 3. The Labute approximate surface area is 257 Å². The number of aromatic nitrogens is 3. The summed E-state index contributed by atoms with van der Waals surface area (Å²) in [6.07, 6.45) is 0.951. The third kappa shape index (κ3) is 6.22. The molecule has 2 atom stereocenters. The first-order valence-corrected chi connectivity index (χ1v) is 15.3. The minimum atomic E-state index is -0.902. The summed E-state index contributed by atoms with van der Waals surface area (Å²) in [7, 11) is 0. The van der Waals surface area contributed by atoms with Gasteiger partial charge in [0, 0.05) is 25.6 Å². The maximum absolute atomic E-state index is 13.8. The van der Waals surface area contributed by atoms with Crippen LogP contribution >= 0.6 is 0 Å². The molecule has 2 aliphatic rings. The van der Waals surface area contributed by atoms with Gasteiger partial charge in [0.2, 0.25) is 11.9 Å². The summed E-state index contributed by atoms with van der Waals surface area (Å²) in [5.74, 6) is -0.370. The van der Waals surface area contributed by atoms with Crippen LogP contribution in [-0.4, -0.2) is 63.7 Å². The Kier molecular flexibility index (Phi) is 8.72.